The second kappa shape index (κ2) is 27.8. The smallest absolute Gasteiger partial charge is 0.404 e. The summed E-state index contributed by atoms with van der Waals surface area (Å²) >= 11 is 0. The van der Waals surface area contributed by atoms with Crippen molar-refractivity contribution in [2.24, 2.45) is 5.73 Å². The molecule has 0 spiro atoms. The molecule has 0 aliphatic carbocycles. The first-order valence-electron chi connectivity index (χ1n) is 6.15. The van der Waals surface area contributed by atoms with Crippen molar-refractivity contribution in [3.05, 3.63) is 25.3 Å². The molecular formula is C13H25NO9. The number of aliphatic hydroxyl groups excluding tert-OH is 2. The third-order valence-corrected chi connectivity index (χ3v) is 1.11. The molecular weight excluding hydrogens is 314 g/mol. The zero-order chi connectivity index (χ0) is 19.1. The third kappa shape index (κ3) is 82.3. The van der Waals surface area contributed by atoms with Gasteiger partial charge in [-0.25, -0.2) is 14.4 Å². The van der Waals surface area contributed by atoms with Crippen LogP contribution < -0.4 is 5.73 Å². The highest BCUT2D eigenvalue weighted by molar-refractivity contribution is 5.79. The van der Waals surface area contributed by atoms with Crippen molar-refractivity contribution in [3.8, 4) is 0 Å². The van der Waals surface area contributed by atoms with Crippen molar-refractivity contribution in [2.75, 3.05) is 33.0 Å². The van der Waals surface area contributed by atoms with Gasteiger partial charge in [-0.05, 0) is 6.92 Å². The maximum atomic E-state index is 9.60. The van der Waals surface area contributed by atoms with Crippen LogP contribution in [0.4, 0.5) is 4.79 Å². The first kappa shape index (κ1) is 28.7. The van der Waals surface area contributed by atoms with E-state index in [0.29, 0.717) is 19.8 Å². The van der Waals surface area contributed by atoms with Gasteiger partial charge in [0.1, 0.15) is 0 Å². The number of nitrogens with two attached hydrogens (primary N) is 1. The molecule has 0 atom stereocenters. The van der Waals surface area contributed by atoms with Gasteiger partial charge in [0.25, 0.3) is 0 Å². The van der Waals surface area contributed by atoms with E-state index in [1.54, 1.807) is 6.92 Å². The number of carboxylic acids is 2. The van der Waals surface area contributed by atoms with Gasteiger partial charge in [0, 0.05) is 12.2 Å². The van der Waals surface area contributed by atoms with Crippen LogP contribution in [0.1, 0.15) is 6.92 Å². The molecule has 1 amide bonds. The van der Waals surface area contributed by atoms with Crippen LogP contribution in [0.5, 0.6) is 0 Å². The van der Waals surface area contributed by atoms with Gasteiger partial charge >= 0.3 is 18.0 Å². The van der Waals surface area contributed by atoms with Crippen molar-refractivity contribution in [2.45, 2.75) is 6.92 Å². The fourth-order valence-corrected chi connectivity index (χ4v) is 0.373. The van der Waals surface area contributed by atoms with Gasteiger partial charge in [-0.15, -0.1) is 0 Å². The van der Waals surface area contributed by atoms with E-state index < -0.39 is 18.0 Å². The quantitative estimate of drug-likeness (QED) is 0.305. The Bertz CT molecular complexity index is 297. The Hall–Kier alpha value is -2.43. The predicted molar refractivity (Wildman–Crippen MR) is 81.9 cm³/mol. The summed E-state index contributed by atoms with van der Waals surface area (Å²) in [7, 11) is 0. The summed E-state index contributed by atoms with van der Waals surface area (Å²) in [6.45, 7) is 8.67. The van der Waals surface area contributed by atoms with Gasteiger partial charge in [0.05, 0.1) is 33.0 Å². The molecule has 0 aliphatic heterocycles. The van der Waals surface area contributed by atoms with Crippen LogP contribution in [0.2, 0.25) is 0 Å². The summed E-state index contributed by atoms with van der Waals surface area (Å²) in [6.07, 6.45) is 0.956. The normalized spacial score (nSPS) is 7.61. The molecule has 10 nitrogen and oxygen atoms in total. The molecule has 0 fully saturated rings. The first-order chi connectivity index (χ1) is 10.7. The molecule has 0 aliphatic rings. The number of amides is 1. The zero-order valence-corrected chi connectivity index (χ0v) is 13.0. The Labute approximate surface area is 134 Å². The monoisotopic (exact) mass is 339 g/mol. The third-order valence-electron chi connectivity index (χ3n) is 1.11. The van der Waals surface area contributed by atoms with Gasteiger partial charge < -0.3 is 35.6 Å². The first-order valence-corrected chi connectivity index (χ1v) is 6.15. The molecule has 0 radical (unpaired) electrons. The minimum absolute atomic E-state index is 0.0278. The lowest BCUT2D eigenvalue weighted by Gasteiger charge is -1.94. The second-order valence-electron chi connectivity index (χ2n) is 2.90. The van der Waals surface area contributed by atoms with Gasteiger partial charge in [0.15, 0.2) is 0 Å². The van der Waals surface area contributed by atoms with Crippen LogP contribution in [-0.4, -0.2) is 71.5 Å². The largest absolute Gasteiger partial charge is 0.478 e. The van der Waals surface area contributed by atoms with E-state index in [2.05, 4.69) is 28.4 Å². The van der Waals surface area contributed by atoms with E-state index in [-0.39, 0.29) is 13.2 Å². The van der Waals surface area contributed by atoms with Gasteiger partial charge in [-0.2, -0.15) is 0 Å². The molecule has 0 rings (SSSR count). The SMILES string of the molecule is C=CC(=O)O.C=CC(=O)O.CCOC(N)=O.OCCOCCO. The Morgan fingerprint density at radius 1 is 1.00 bits per heavy atom. The number of carbonyl (C=O) groups is 3. The lowest BCUT2D eigenvalue weighted by atomic mass is 10.7. The van der Waals surface area contributed by atoms with Crippen LogP contribution in [0.25, 0.3) is 0 Å². The molecule has 0 saturated carbocycles. The minimum atomic E-state index is -0.981. The summed E-state index contributed by atoms with van der Waals surface area (Å²) in [5, 5.41) is 31.4. The number of primary amides is 1. The standard InChI is InChI=1S/C4H10O3.C3H7NO2.2C3H4O2/c5-1-3-7-4-2-6;1-2-6-3(4)5;2*1-2-3(4)5/h5-6H,1-4H2;2H2,1H3,(H2,4,5);2*2H,1H2,(H,4,5). The number of ether oxygens (including phenoxy) is 2. The fraction of sp³-hybridized carbons (Fsp3) is 0.462. The number of rotatable bonds is 7. The van der Waals surface area contributed by atoms with Crippen molar-refractivity contribution in [1.29, 1.82) is 0 Å². The van der Waals surface area contributed by atoms with E-state index in [9.17, 15) is 14.4 Å². The highest BCUT2D eigenvalue weighted by Crippen LogP contribution is 1.68. The van der Waals surface area contributed by atoms with Gasteiger partial charge in [-0.3, -0.25) is 0 Å². The molecule has 0 saturated heterocycles. The Morgan fingerprint density at radius 2 is 1.30 bits per heavy atom. The summed E-state index contributed by atoms with van der Waals surface area (Å²) in [5.74, 6) is -1.96. The van der Waals surface area contributed by atoms with E-state index in [0.717, 1.165) is 12.2 Å². The number of aliphatic carboxylic acids is 2. The van der Waals surface area contributed by atoms with Crippen molar-refractivity contribution in [1.82, 2.24) is 0 Å². The number of carbonyl (C=O) groups excluding carboxylic acids is 1. The van der Waals surface area contributed by atoms with E-state index >= 15 is 0 Å². The molecule has 136 valence electrons. The second-order valence-corrected chi connectivity index (χ2v) is 2.90. The molecule has 0 unspecified atom stereocenters. The molecule has 10 heteroatoms. The number of carboxylic acid groups (broad SMARTS) is 2. The lowest BCUT2D eigenvalue weighted by molar-refractivity contribution is -0.132. The van der Waals surface area contributed by atoms with E-state index in [1.165, 1.54) is 0 Å². The van der Waals surface area contributed by atoms with E-state index in [1.807, 2.05) is 0 Å². The van der Waals surface area contributed by atoms with Gasteiger partial charge in [0.2, 0.25) is 0 Å². The number of hydrogen-bond donors (Lipinski definition) is 5. The van der Waals surface area contributed by atoms with Crippen LogP contribution in [0.15, 0.2) is 25.3 Å². The number of hydrogen-bond acceptors (Lipinski definition) is 7. The Morgan fingerprint density at radius 3 is 1.39 bits per heavy atom. The molecule has 0 aromatic heterocycles. The van der Waals surface area contributed by atoms with Gasteiger partial charge in [-0.1, -0.05) is 13.2 Å². The average molecular weight is 339 g/mol. The molecule has 6 N–H and O–H groups in total. The Kier molecular flexibility index (Phi) is 34.7. The van der Waals surface area contributed by atoms with Crippen LogP contribution >= 0.6 is 0 Å². The van der Waals surface area contributed by atoms with Crippen molar-refractivity contribution in [3.63, 3.8) is 0 Å². The topological polar surface area (TPSA) is 177 Å². The molecule has 0 aromatic carbocycles. The fourth-order valence-electron chi connectivity index (χ4n) is 0.373. The maximum Gasteiger partial charge on any atom is 0.404 e. The lowest BCUT2D eigenvalue weighted by Crippen LogP contribution is -2.11. The van der Waals surface area contributed by atoms with Crippen LogP contribution in [0.3, 0.4) is 0 Å². The molecule has 0 bridgehead atoms. The van der Waals surface area contributed by atoms with Crippen LogP contribution in [-0.2, 0) is 19.1 Å². The zero-order valence-electron chi connectivity index (χ0n) is 13.0. The molecule has 0 heterocycles. The summed E-state index contributed by atoms with van der Waals surface area (Å²) < 4.78 is 8.81. The summed E-state index contributed by atoms with van der Waals surface area (Å²) in [5.41, 5.74) is 4.54. The average Bonchev–Trinajstić information content (AvgIpc) is 2.49. The van der Waals surface area contributed by atoms with Crippen molar-refractivity contribution < 1.29 is 44.3 Å². The van der Waals surface area contributed by atoms with Crippen LogP contribution in [0, 0.1) is 0 Å². The summed E-state index contributed by atoms with van der Waals surface area (Å²) in [6, 6.07) is 0. The number of aliphatic hydroxyl groups is 2. The van der Waals surface area contributed by atoms with E-state index in [4.69, 9.17) is 20.4 Å². The summed E-state index contributed by atoms with van der Waals surface area (Å²) in [4.78, 5) is 28.1. The highest BCUT2D eigenvalue weighted by Gasteiger charge is 1.82. The minimum Gasteiger partial charge on any atom is -0.478 e. The Balaban J connectivity index is -0.000000106. The molecule has 23 heavy (non-hydrogen) atoms. The highest BCUT2D eigenvalue weighted by atomic mass is 16.5. The van der Waals surface area contributed by atoms with Crippen molar-refractivity contribution >= 4 is 18.0 Å². The molecule has 0 aromatic rings. The predicted octanol–water partition coefficient (Wildman–Crippen LogP) is -0.397. The maximum absolute atomic E-state index is 9.60.